The first-order chi connectivity index (χ1) is 9.43. The first-order valence-electron chi connectivity index (χ1n) is 5.68. The molecule has 0 heterocycles. The van der Waals surface area contributed by atoms with Gasteiger partial charge in [0, 0.05) is 4.47 Å². The Morgan fingerprint density at radius 1 is 1.50 bits per heavy atom. The zero-order valence-electron chi connectivity index (χ0n) is 10.7. The maximum Gasteiger partial charge on any atom is 0.326 e. The van der Waals surface area contributed by atoms with Gasteiger partial charge in [-0.25, -0.2) is 14.0 Å². The number of carbonyl (C=O) groups is 2. The summed E-state index contributed by atoms with van der Waals surface area (Å²) in [5, 5.41) is 13.8. The number of anilines is 1. The Hall–Kier alpha value is -1.28. The van der Waals surface area contributed by atoms with Crippen LogP contribution >= 0.6 is 27.7 Å². The summed E-state index contributed by atoms with van der Waals surface area (Å²) in [5.74, 6) is -0.907. The lowest BCUT2D eigenvalue weighted by Gasteiger charge is -2.15. The molecule has 0 bridgehead atoms. The average molecular weight is 365 g/mol. The molecule has 0 unspecified atom stereocenters. The minimum absolute atomic E-state index is 0.328. The third-order valence-electron chi connectivity index (χ3n) is 2.39. The number of halogens is 2. The number of thioether (sulfide) groups is 1. The quantitative estimate of drug-likeness (QED) is 0.724. The van der Waals surface area contributed by atoms with Crippen LogP contribution in [-0.4, -0.2) is 35.2 Å². The number of rotatable bonds is 6. The molecule has 20 heavy (non-hydrogen) atoms. The molecule has 1 aromatic rings. The number of carboxylic acid groups (broad SMARTS) is 1. The molecule has 1 aromatic carbocycles. The van der Waals surface area contributed by atoms with Gasteiger partial charge in [0.15, 0.2) is 0 Å². The number of nitrogens with one attached hydrogen (secondary N) is 2. The summed E-state index contributed by atoms with van der Waals surface area (Å²) < 4.78 is 13.3. The highest BCUT2D eigenvalue weighted by Crippen LogP contribution is 2.22. The molecule has 8 heteroatoms. The van der Waals surface area contributed by atoms with Gasteiger partial charge >= 0.3 is 12.0 Å². The molecule has 0 saturated carbocycles. The van der Waals surface area contributed by atoms with Gasteiger partial charge < -0.3 is 15.7 Å². The summed E-state index contributed by atoms with van der Waals surface area (Å²) in [4.78, 5) is 22.7. The Bertz CT molecular complexity index is 502. The molecular weight excluding hydrogens is 351 g/mol. The van der Waals surface area contributed by atoms with Crippen molar-refractivity contribution in [3.63, 3.8) is 0 Å². The monoisotopic (exact) mass is 364 g/mol. The fraction of sp³-hybridized carbons (Fsp3) is 0.333. The molecule has 0 spiro atoms. The van der Waals surface area contributed by atoms with Crippen molar-refractivity contribution in [1.82, 2.24) is 5.32 Å². The topological polar surface area (TPSA) is 78.4 Å². The molecule has 110 valence electrons. The van der Waals surface area contributed by atoms with E-state index in [1.165, 1.54) is 30.0 Å². The van der Waals surface area contributed by atoms with E-state index in [2.05, 4.69) is 26.6 Å². The molecule has 0 fully saturated rings. The zero-order chi connectivity index (χ0) is 15.1. The van der Waals surface area contributed by atoms with E-state index in [0.29, 0.717) is 22.3 Å². The Balaban J connectivity index is 2.63. The van der Waals surface area contributed by atoms with Gasteiger partial charge in [-0.15, -0.1) is 0 Å². The van der Waals surface area contributed by atoms with Crippen LogP contribution in [0.5, 0.6) is 0 Å². The number of carboxylic acids is 1. The van der Waals surface area contributed by atoms with E-state index >= 15 is 0 Å². The molecule has 0 aliphatic rings. The van der Waals surface area contributed by atoms with E-state index in [0.717, 1.165) is 0 Å². The lowest BCUT2D eigenvalue weighted by Crippen LogP contribution is -2.43. The SMILES string of the molecule is CSCC[C@H](NC(=O)Nc1ccc(F)cc1Br)C(=O)O. The average Bonchev–Trinajstić information content (AvgIpc) is 2.37. The number of amides is 2. The van der Waals surface area contributed by atoms with Crippen molar-refractivity contribution in [2.24, 2.45) is 0 Å². The van der Waals surface area contributed by atoms with E-state index in [1.807, 2.05) is 6.26 Å². The maximum absolute atomic E-state index is 12.9. The van der Waals surface area contributed by atoms with Gasteiger partial charge in [0.05, 0.1) is 5.69 Å². The third-order valence-corrected chi connectivity index (χ3v) is 3.69. The summed E-state index contributed by atoms with van der Waals surface area (Å²) in [6, 6.07) is 2.18. The molecule has 0 radical (unpaired) electrons. The van der Waals surface area contributed by atoms with Gasteiger partial charge in [-0.1, -0.05) is 0 Å². The highest BCUT2D eigenvalue weighted by molar-refractivity contribution is 9.10. The Labute approximate surface area is 128 Å². The molecule has 5 nitrogen and oxygen atoms in total. The molecule has 0 aliphatic carbocycles. The predicted octanol–water partition coefficient (Wildman–Crippen LogP) is 2.92. The highest BCUT2D eigenvalue weighted by atomic mass is 79.9. The second kappa shape index (κ2) is 8.11. The summed E-state index contributed by atoms with van der Waals surface area (Å²) in [6.07, 6.45) is 2.18. The molecule has 0 aliphatic heterocycles. The summed E-state index contributed by atoms with van der Waals surface area (Å²) in [6.45, 7) is 0. The van der Waals surface area contributed by atoms with Crippen LogP contribution in [0.1, 0.15) is 6.42 Å². The first-order valence-corrected chi connectivity index (χ1v) is 7.87. The molecule has 0 saturated heterocycles. The van der Waals surface area contributed by atoms with Crippen LogP contribution in [0, 0.1) is 5.82 Å². The van der Waals surface area contributed by atoms with Crippen molar-refractivity contribution in [2.45, 2.75) is 12.5 Å². The Morgan fingerprint density at radius 2 is 2.20 bits per heavy atom. The Morgan fingerprint density at radius 3 is 2.75 bits per heavy atom. The molecule has 1 rings (SSSR count). The van der Waals surface area contributed by atoms with Crippen molar-refractivity contribution in [2.75, 3.05) is 17.3 Å². The van der Waals surface area contributed by atoms with E-state index in [4.69, 9.17) is 5.11 Å². The second-order valence-electron chi connectivity index (χ2n) is 3.89. The van der Waals surface area contributed by atoms with Crippen molar-refractivity contribution in [1.29, 1.82) is 0 Å². The highest BCUT2D eigenvalue weighted by Gasteiger charge is 2.19. The van der Waals surface area contributed by atoms with Crippen LogP contribution in [0.15, 0.2) is 22.7 Å². The summed E-state index contributed by atoms with van der Waals surface area (Å²) in [5.41, 5.74) is 0.359. The number of carbonyl (C=O) groups excluding carboxylic acids is 1. The second-order valence-corrected chi connectivity index (χ2v) is 5.73. The van der Waals surface area contributed by atoms with Gasteiger partial charge in [-0.3, -0.25) is 0 Å². The zero-order valence-corrected chi connectivity index (χ0v) is 13.1. The third kappa shape index (κ3) is 5.38. The number of aliphatic carboxylic acids is 1. The normalized spacial score (nSPS) is 11.8. The van der Waals surface area contributed by atoms with Crippen LogP contribution in [0.4, 0.5) is 14.9 Å². The van der Waals surface area contributed by atoms with Crippen molar-refractivity contribution in [3.8, 4) is 0 Å². The fourth-order valence-corrected chi connectivity index (χ4v) is 2.32. The number of hydrogen-bond acceptors (Lipinski definition) is 3. The van der Waals surface area contributed by atoms with Crippen LogP contribution in [0.2, 0.25) is 0 Å². The van der Waals surface area contributed by atoms with Gasteiger partial charge in [-0.2, -0.15) is 11.8 Å². The summed E-state index contributed by atoms with van der Waals surface area (Å²) in [7, 11) is 0. The van der Waals surface area contributed by atoms with Crippen LogP contribution in [0.3, 0.4) is 0 Å². The maximum atomic E-state index is 12.9. The first kappa shape index (κ1) is 16.8. The lowest BCUT2D eigenvalue weighted by atomic mass is 10.2. The standard InChI is InChI=1S/C12H14BrFN2O3S/c1-20-5-4-10(11(17)18)16-12(19)15-9-3-2-7(14)6-8(9)13/h2-3,6,10H,4-5H2,1H3,(H,17,18)(H2,15,16,19)/t10-/m0/s1. The number of benzene rings is 1. The van der Waals surface area contributed by atoms with E-state index in [-0.39, 0.29) is 0 Å². The molecule has 2 amide bonds. The van der Waals surface area contributed by atoms with E-state index < -0.39 is 23.9 Å². The Kier molecular flexibility index (Phi) is 6.80. The van der Waals surface area contributed by atoms with E-state index in [1.54, 1.807) is 0 Å². The van der Waals surface area contributed by atoms with Gasteiger partial charge in [-0.05, 0) is 52.6 Å². The number of urea groups is 1. The smallest absolute Gasteiger partial charge is 0.326 e. The van der Waals surface area contributed by atoms with Gasteiger partial charge in [0.1, 0.15) is 11.9 Å². The van der Waals surface area contributed by atoms with Crippen molar-refractivity contribution < 1.29 is 19.1 Å². The van der Waals surface area contributed by atoms with Crippen LogP contribution in [0.25, 0.3) is 0 Å². The minimum Gasteiger partial charge on any atom is -0.480 e. The minimum atomic E-state index is -1.09. The largest absolute Gasteiger partial charge is 0.480 e. The molecule has 3 N–H and O–H groups in total. The number of hydrogen-bond donors (Lipinski definition) is 3. The fourth-order valence-electron chi connectivity index (χ4n) is 1.40. The van der Waals surface area contributed by atoms with Gasteiger partial charge in [0.2, 0.25) is 0 Å². The van der Waals surface area contributed by atoms with Crippen molar-refractivity contribution in [3.05, 3.63) is 28.5 Å². The molecular formula is C12H14BrFN2O3S. The summed E-state index contributed by atoms with van der Waals surface area (Å²) >= 11 is 4.61. The molecule has 0 aromatic heterocycles. The molecule has 1 atom stereocenters. The van der Waals surface area contributed by atoms with Crippen LogP contribution in [-0.2, 0) is 4.79 Å². The van der Waals surface area contributed by atoms with Crippen molar-refractivity contribution >= 4 is 45.4 Å². The van der Waals surface area contributed by atoms with Crippen LogP contribution < -0.4 is 10.6 Å². The van der Waals surface area contributed by atoms with E-state index in [9.17, 15) is 14.0 Å². The van der Waals surface area contributed by atoms with Gasteiger partial charge in [0.25, 0.3) is 0 Å². The predicted molar refractivity (Wildman–Crippen MR) is 80.7 cm³/mol. The lowest BCUT2D eigenvalue weighted by molar-refractivity contribution is -0.139.